The highest BCUT2D eigenvalue weighted by atomic mass is 16.5. The number of hydrogen-bond donors (Lipinski definition) is 0. The molecule has 20 heavy (non-hydrogen) atoms. The topological polar surface area (TPSA) is 34.0 Å². The lowest BCUT2D eigenvalue weighted by Crippen LogP contribution is -1.99. The third kappa shape index (κ3) is 3.32. The molecule has 0 saturated heterocycles. The Morgan fingerprint density at radius 3 is 2.10 bits per heavy atom. The van der Waals surface area contributed by atoms with Gasteiger partial charge in [-0.3, -0.25) is 0 Å². The van der Waals surface area contributed by atoms with E-state index in [4.69, 9.17) is 4.74 Å². The molecule has 0 aliphatic carbocycles. The maximum atomic E-state index is 5.33. The molecule has 0 atom stereocenters. The molecule has 3 nitrogen and oxygen atoms in total. The molecule has 0 radical (unpaired) electrons. The molecule has 2 aromatic carbocycles. The highest BCUT2D eigenvalue weighted by Gasteiger charge is 2.04. The molecule has 102 valence electrons. The van der Waals surface area contributed by atoms with Gasteiger partial charge in [-0.15, -0.1) is 0 Å². The molecule has 0 unspecified atom stereocenters. The van der Waals surface area contributed by atoms with Crippen molar-refractivity contribution in [1.29, 1.82) is 0 Å². The van der Waals surface area contributed by atoms with Crippen LogP contribution in [0.1, 0.15) is 25.0 Å². The zero-order valence-corrected chi connectivity index (χ0v) is 12.0. The van der Waals surface area contributed by atoms with E-state index in [1.807, 2.05) is 68.4 Å². The van der Waals surface area contributed by atoms with Crippen molar-refractivity contribution < 1.29 is 4.74 Å². The number of methoxy groups -OCH3 is 1. The second-order valence-corrected chi connectivity index (χ2v) is 4.44. The molecule has 3 heteroatoms. The van der Waals surface area contributed by atoms with Gasteiger partial charge in [0.2, 0.25) is 0 Å². The van der Waals surface area contributed by atoms with Gasteiger partial charge in [0.25, 0.3) is 0 Å². The van der Waals surface area contributed by atoms with Crippen molar-refractivity contribution in [1.82, 2.24) is 0 Å². The average molecular weight is 266 g/mol. The van der Waals surface area contributed by atoms with E-state index in [1.165, 1.54) is 0 Å². The van der Waals surface area contributed by atoms with Crippen molar-refractivity contribution in [2.24, 2.45) is 10.2 Å². The summed E-state index contributed by atoms with van der Waals surface area (Å²) in [4.78, 5) is 0. The van der Waals surface area contributed by atoms with Crippen LogP contribution in [0.15, 0.2) is 64.8 Å². The van der Waals surface area contributed by atoms with E-state index >= 15 is 0 Å². The summed E-state index contributed by atoms with van der Waals surface area (Å²) in [5.74, 6) is 0.807. The molecule has 0 aliphatic heterocycles. The molecule has 0 spiro atoms. The summed E-state index contributed by atoms with van der Waals surface area (Å²) in [6, 6.07) is 17.8. The minimum Gasteiger partial charge on any atom is -0.496 e. The SMILES string of the molecule is COc1ccccc1/C(C)=N/N=C(\C)c1ccccc1. The fourth-order valence-corrected chi connectivity index (χ4v) is 1.88. The van der Waals surface area contributed by atoms with Gasteiger partial charge in [0.1, 0.15) is 5.75 Å². The molecule has 2 rings (SSSR count). The first-order valence-electron chi connectivity index (χ1n) is 6.50. The Kier molecular flexibility index (Phi) is 4.66. The van der Waals surface area contributed by atoms with E-state index < -0.39 is 0 Å². The van der Waals surface area contributed by atoms with Gasteiger partial charge in [-0.05, 0) is 31.5 Å². The van der Waals surface area contributed by atoms with Gasteiger partial charge in [0.05, 0.1) is 18.5 Å². The summed E-state index contributed by atoms with van der Waals surface area (Å²) < 4.78 is 5.33. The first kappa shape index (κ1) is 14.0. The summed E-state index contributed by atoms with van der Waals surface area (Å²) in [6.07, 6.45) is 0. The van der Waals surface area contributed by atoms with Crippen LogP contribution in [-0.4, -0.2) is 18.5 Å². The molecular weight excluding hydrogens is 248 g/mol. The number of rotatable bonds is 4. The van der Waals surface area contributed by atoms with Gasteiger partial charge in [-0.2, -0.15) is 10.2 Å². The summed E-state index contributed by atoms with van der Waals surface area (Å²) in [5.41, 5.74) is 3.75. The minimum absolute atomic E-state index is 0.807. The highest BCUT2D eigenvalue weighted by molar-refractivity contribution is 6.03. The van der Waals surface area contributed by atoms with E-state index in [9.17, 15) is 0 Å². The largest absolute Gasteiger partial charge is 0.496 e. The summed E-state index contributed by atoms with van der Waals surface area (Å²) in [5, 5.41) is 8.60. The van der Waals surface area contributed by atoms with E-state index in [-0.39, 0.29) is 0 Å². The molecule has 0 aliphatic rings. The number of nitrogens with zero attached hydrogens (tertiary/aromatic N) is 2. The Bertz CT molecular complexity index is 630. The van der Waals surface area contributed by atoms with Crippen molar-refractivity contribution in [2.45, 2.75) is 13.8 Å². The molecule has 0 aromatic heterocycles. The van der Waals surface area contributed by atoms with Crippen molar-refractivity contribution in [3.63, 3.8) is 0 Å². The van der Waals surface area contributed by atoms with Crippen LogP contribution in [0, 0.1) is 0 Å². The molecule has 0 bridgehead atoms. The standard InChI is InChI=1S/C17H18N2O/c1-13(15-9-5-4-6-10-15)18-19-14(2)16-11-7-8-12-17(16)20-3/h4-12H,1-3H3/b18-13+,19-14+. The number of hydrogen-bond acceptors (Lipinski definition) is 3. The Balaban J connectivity index is 2.27. The van der Waals surface area contributed by atoms with Crippen LogP contribution < -0.4 is 4.74 Å². The van der Waals surface area contributed by atoms with Crippen LogP contribution in [0.5, 0.6) is 5.75 Å². The van der Waals surface area contributed by atoms with Crippen LogP contribution >= 0.6 is 0 Å². The number of ether oxygens (including phenoxy) is 1. The first-order valence-corrected chi connectivity index (χ1v) is 6.50. The van der Waals surface area contributed by atoms with Gasteiger partial charge in [-0.25, -0.2) is 0 Å². The number of benzene rings is 2. The fraction of sp³-hybridized carbons (Fsp3) is 0.176. The maximum absolute atomic E-state index is 5.33. The average Bonchev–Trinajstić information content (AvgIpc) is 2.53. The molecule has 0 saturated carbocycles. The predicted molar refractivity (Wildman–Crippen MR) is 83.9 cm³/mol. The lowest BCUT2D eigenvalue weighted by molar-refractivity contribution is 0.414. The molecular formula is C17H18N2O. The minimum atomic E-state index is 0.807. The van der Waals surface area contributed by atoms with Crippen LogP contribution in [0.3, 0.4) is 0 Å². The Morgan fingerprint density at radius 2 is 1.40 bits per heavy atom. The van der Waals surface area contributed by atoms with Crippen LogP contribution in [0.4, 0.5) is 0 Å². The zero-order valence-electron chi connectivity index (χ0n) is 12.0. The van der Waals surface area contributed by atoms with Crippen molar-refractivity contribution >= 4 is 11.4 Å². The Morgan fingerprint density at radius 1 is 0.800 bits per heavy atom. The molecule has 0 amide bonds. The van der Waals surface area contributed by atoms with E-state index in [0.717, 1.165) is 28.3 Å². The lowest BCUT2D eigenvalue weighted by Gasteiger charge is -2.06. The predicted octanol–water partition coefficient (Wildman–Crippen LogP) is 3.93. The van der Waals surface area contributed by atoms with Crippen molar-refractivity contribution in [3.8, 4) is 5.75 Å². The maximum Gasteiger partial charge on any atom is 0.127 e. The van der Waals surface area contributed by atoms with Gasteiger partial charge in [0, 0.05) is 5.56 Å². The smallest absolute Gasteiger partial charge is 0.127 e. The normalized spacial score (nSPS) is 12.3. The fourth-order valence-electron chi connectivity index (χ4n) is 1.88. The second-order valence-electron chi connectivity index (χ2n) is 4.44. The van der Waals surface area contributed by atoms with E-state index in [0.29, 0.717) is 0 Å². The monoisotopic (exact) mass is 266 g/mol. The van der Waals surface area contributed by atoms with E-state index in [2.05, 4.69) is 10.2 Å². The second kappa shape index (κ2) is 6.66. The summed E-state index contributed by atoms with van der Waals surface area (Å²) in [6.45, 7) is 3.88. The quantitative estimate of drug-likeness (QED) is 0.610. The Hall–Kier alpha value is -2.42. The van der Waals surface area contributed by atoms with Gasteiger partial charge < -0.3 is 4.74 Å². The summed E-state index contributed by atoms with van der Waals surface area (Å²) >= 11 is 0. The lowest BCUT2D eigenvalue weighted by atomic mass is 10.1. The third-order valence-corrected chi connectivity index (χ3v) is 3.04. The van der Waals surface area contributed by atoms with Gasteiger partial charge in [0.15, 0.2) is 0 Å². The van der Waals surface area contributed by atoms with Crippen molar-refractivity contribution in [3.05, 3.63) is 65.7 Å². The highest BCUT2D eigenvalue weighted by Crippen LogP contribution is 2.18. The Labute approximate surface area is 119 Å². The van der Waals surface area contributed by atoms with Crippen LogP contribution in [-0.2, 0) is 0 Å². The molecule has 0 heterocycles. The van der Waals surface area contributed by atoms with Crippen LogP contribution in [0.2, 0.25) is 0 Å². The molecule has 0 fully saturated rings. The zero-order chi connectivity index (χ0) is 14.4. The first-order chi connectivity index (χ1) is 9.72. The molecule has 2 aromatic rings. The molecule has 0 N–H and O–H groups in total. The summed E-state index contributed by atoms with van der Waals surface area (Å²) in [7, 11) is 1.66. The van der Waals surface area contributed by atoms with Crippen LogP contribution in [0.25, 0.3) is 0 Å². The van der Waals surface area contributed by atoms with Gasteiger partial charge >= 0.3 is 0 Å². The van der Waals surface area contributed by atoms with Gasteiger partial charge in [-0.1, -0.05) is 42.5 Å². The number of para-hydroxylation sites is 1. The van der Waals surface area contributed by atoms with E-state index in [1.54, 1.807) is 7.11 Å². The third-order valence-electron chi connectivity index (χ3n) is 3.04. The van der Waals surface area contributed by atoms with Crippen molar-refractivity contribution in [2.75, 3.05) is 7.11 Å².